The number of amides is 1. The summed E-state index contributed by atoms with van der Waals surface area (Å²) < 4.78 is 7.73. The number of hydrogen-bond acceptors (Lipinski definition) is 3. The summed E-state index contributed by atoms with van der Waals surface area (Å²) >= 11 is 0. The Morgan fingerprint density at radius 2 is 1.88 bits per heavy atom. The lowest BCUT2D eigenvalue weighted by Crippen LogP contribution is -2.21. The van der Waals surface area contributed by atoms with Crippen molar-refractivity contribution >= 4 is 22.6 Å². The normalized spacial score (nSPS) is 22.0. The zero-order chi connectivity index (χ0) is 17.7. The van der Waals surface area contributed by atoms with E-state index in [0.717, 1.165) is 53.9 Å². The Morgan fingerprint density at radius 3 is 2.69 bits per heavy atom. The number of carbonyl (C=O) groups is 1. The van der Waals surface area contributed by atoms with Crippen LogP contribution in [-0.2, 0) is 4.74 Å². The van der Waals surface area contributed by atoms with E-state index in [4.69, 9.17) is 9.72 Å². The van der Waals surface area contributed by atoms with E-state index in [1.54, 1.807) is 7.11 Å². The molecule has 1 aliphatic carbocycles. The molecule has 26 heavy (non-hydrogen) atoms. The van der Waals surface area contributed by atoms with Crippen LogP contribution in [-0.4, -0.2) is 28.7 Å². The molecule has 0 radical (unpaired) electrons. The van der Waals surface area contributed by atoms with Gasteiger partial charge in [0.15, 0.2) is 0 Å². The van der Waals surface area contributed by atoms with E-state index in [1.807, 2.05) is 36.4 Å². The summed E-state index contributed by atoms with van der Waals surface area (Å²) in [6, 6.07) is 13.8. The zero-order valence-electron chi connectivity index (χ0n) is 14.7. The summed E-state index contributed by atoms with van der Waals surface area (Å²) in [7, 11) is 1.79. The van der Waals surface area contributed by atoms with Crippen LogP contribution in [0.3, 0.4) is 0 Å². The number of anilines is 1. The third-order valence-corrected chi connectivity index (χ3v) is 5.71. The van der Waals surface area contributed by atoms with Crippen molar-refractivity contribution in [1.82, 2.24) is 9.55 Å². The predicted octanol–water partition coefficient (Wildman–Crippen LogP) is 4.26. The SMILES string of the molecule is COC1CCC(c2nc3cccc4c3n2-c2ccccc2NC4=O)CC1. The maximum Gasteiger partial charge on any atom is 0.257 e. The molecule has 1 saturated carbocycles. The number of imidazole rings is 1. The summed E-state index contributed by atoms with van der Waals surface area (Å²) in [6.45, 7) is 0. The fourth-order valence-electron chi connectivity index (χ4n) is 4.37. The van der Waals surface area contributed by atoms with Gasteiger partial charge in [-0.25, -0.2) is 4.98 Å². The van der Waals surface area contributed by atoms with E-state index in [9.17, 15) is 4.79 Å². The van der Waals surface area contributed by atoms with Gasteiger partial charge in [0.25, 0.3) is 5.91 Å². The Labute approximate surface area is 152 Å². The highest BCUT2D eigenvalue weighted by Crippen LogP contribution is 2.39. The number of ether oxygens (including phenoxy) is 1. The summed E-state index contributed by atoms with van der Waals surface area (Å²) in [6.07, 6.45) is 4.57. The Balaban J connectivity index is 1.74. The standard InChI is InChI=1S/C21H21N3O2/c1-26-14-11-9-13(10-12-14)20-22-17-7-4-5-15-19(17)24(20)18-8-3-2-6-16(18)23-21(15)25/h2-8,13-14H,9-12H2,1H3,(H,23,25). The minimum atomic E-state index is -0.0728. The van der Waals surface area contributed by atoms with Gasteiger partial charge in [0, 0.05) is 13.0 Å². The lowest BCUT2D eigenvalue weighted by Gasteiger charge is -2.27. The van der Waals surface area contributed by atoms with Crippen LogP contribution in [0.15, 0.2) is 42.5 Å². The molecule has 2 aliphatic rings. The number of nitrogens with zero attached hydrogens (tertiary/aromatic N) is 2. The van der Waals surface area contributed by atoms with E-state index >= 15 is 0 Å². The molecule has 5 nitrogen and oxygen atoms in total. The Kier molecular flexibility index (Phi) is 3.57. The molecule has 5 rings (SSSR count). The molecule has 1 N–H and O–H groups in total. The maximum atomic E-state index is 12.8. The molecule has 132 valence electrons. The molecule has 1 aromatic heterocycles. The van der Waals surface area contributed by atoms with Crippen LogP contribution in [0.4, 0.5) is 5.69 Å². The van der Waals surface area contributed by atoms with Crippen LogP contribution < -0.4 is 5.32 Å². The first-order chi connectivity index (χ1) is 12.8. The quantitative estimate of drug-likeness (QED) is 0.753. The van der Waals surface area contributed by atoms with Gasteiger partial charge in [0.1, 0.15) is 5.82 Å². The summed E-state index contributed by atoms with van der Waals surface area (Å²) in [5.41, 5.74) is 4.32. The topological polar surface area (TPSA) is 56.1 Å². The van der Waals surface area contributed by atoms with Gasteiger partial charge in [-0.15, -0.1) is 0 Å². The first kappa shape index (κ1) is 15.6. The van der Waals surface area contributed by atoms with E-state index in [-0.39, 0.29) is 5.91 Å². The van der Waals surface area contributed by atoms with Crippen molar-refractivity contribution < 1.29 is 9.53 Å². The second-order valence-corrected chi connectivity index (χ2v) is 7.16. The molecule has 1 fully saturated rings. The van der Waals surface area contributed by atoms with Crippen LogP contribution in [0, 0.1) is 0 Å². The van der Waals surface area contributed by atoms with Crippen molar-refractivity contribution in [2.45, 2.75) is 37.7 Å². The van der Waals surface area contributed by atoms with Crippen molar-refractivity contribution in [3.63, 3.8) is 0 Å². The number of nitrogens with one attached hydrogen (secondary N) is 1. The van der Waals surface area contributed by atoms with Crippen molar-refractivity contribution in [2.24, 2.45) is 0 Å². The summed E-state index contributed by atoms with van der Waals surface area (Å²) in [5, 5.41) is 3.05. The Hall–Kier alpha value is -2.66. The fourth-order valence-corrected chi connectivity index (χ4v) is 4.37. The van der Waals surface area contributed by atoms with E-state index in [1.165, 1.54) is 0 Å². The van der Waals surface area contributed by atoms with Crippen molar-refractivity contribution in [2.75, 3.05) is 12.4 Å². The highest BCUT2D eigenvalue weighted by atomic mass is 16.5. The Morgan fingerprint density at radius 1 is 1.08 bits per heavy atom. The fraction of sp³-hybridized carbons (Fsp3) is 0.333. The van der Waals surface area contributed by atoms with E-state index in [0.29, 0.717) is 17.6 Å². The highest BCUT2D eigenvalue weighted by molar-refractivity contribution is 6.14. The minimum absolute atomic E-state index is 0.0728. The molecule has 2 heterocycles. The van der Waals surface area contributed by atoms with Crippen LogP contribution in [0.5, 0.6) is 0 Å². The second-order valence-electron chi connectivity index (χ2n) is 7.16. The largest absolute Gasteiger partial charge is 0.381 e. The maximum absolute atomic E-state index is 12.8. The number of hydrogen-bond donors (Lipinski definition) is 1. The molecule has 0 bridgehead atoms. The van der Waals surface area contributed by atoms with Crippen LogP contribution in [0.25, 0.3) is 16.7 Å². The number of fused-ring (bicyclic) bond motifs is 2. The predicted molar refractivity (Wildman–Crippen MR) is 101 cm³/mol. The summed E-state index contributed by atoms with van der Waals surface area (Å²) in [4.78, 5) is 17.7. The molecule has 0 spiro atoms. The molecular weight excluding hydrogens is 326 g/mol. The van der Waals surface area contributed by atoms with Gasteiger partial charge in [-0.3, -0.25) is 9.36 Å². The number of aromatic nitrogens is 2. The average molecular weight is 347 g/mol. The van der Waals surface area contributed by atoms with Gasteiger partial charge in [0.05, 0.1) is 34.1 Å². The van der Waals surface area contributed by atoms with Crippen LogP contribution in [0.1, 0.15) is 47.8 Å². The van der Waals surface area contributed by atoms with Crippen molar-refractivity contribution in [3.05, 3.63) is 53.9 Å². The molecule has 0 atom stereocenters. The zero-order valence-corrected chi connectivity index (χ0v) is 14.7. The van der Waals surface area contributed by atoms with Crippen molar-refractivity contribution in [1.29, 1.82) is 0 Å². The first-order valence-corrected chi connectivity index (χ1v) is 9.21. The van der Waals surface area contributed by atoms with Gasteiger partial charge < -0.3 is 10.1 Å². The van der Waals surface area contributed by atoms with Crippen molar-refractivity contribution in [3.8, 4) is 5.69 Å². The molecule has 0 unspecified atom stereocenters. The van der Waals surface area contributed by atoms with Gasteiger partial charge in [0.2, 0.25) is 0 Å². The summed E-state index contributed by atoms with van der Waals surface area (Å²) in [5.74, 6) is 1.37. The number of benzene rings is 2. The average Bonchev–Trinajstić information content (AvgIpc) is 3.02. The molecular formula is C21H21N3O2. The van der Waals surface area contributed by atoms with Gasteiger partial charge in [-0.1, -0.05) is 18.2 Å². The number of rotatable bonds is 2. The molecule has 1 aliphatic heterocycles. The third kappa shape index (κ3) is 2.27. The third-order valence-electron chi connectivity index (χ3n) is 5.71. The molecule has 2 aromatic carbocycles. The van der Waals surface area contributed by atoms with Crippen LogP contribution >= 0.6 is 0 Å². The Bertz CT molecular complexity index is 1000. The minimum Gasteiger partial charge on any atom is -0.381 e. The lowest BCUT2D eigenvalue weighted by molar-refractivity contribution is 0.0650. The highest BCUT2D eigenvalue weighted by Gasteiger charge is 2.30. The van der Waals surface area contributed by atoms with E-state index in [2.05, 4.69) is 16.0 Å². The first-order valence-electron chi connectivity index (χ1n) is 9.21. The monoisotopic (exact) mass is 347 g/mol. The molecule has 0 saturated heterocycles. The lowest BCUT2D eigenvalue weighted by atomic mass is 9.86. The van der Waals surface area contributed by atoms with Crippen LogP contribution in [0.2, 0.25) is 0 Å². The molecule has 1 amide bonds. The van der Waals surface area contributed by atoms with Gasteiger partial charge in [-0.05, 0) is 49.9 Å². The number of carbonyl (C=O) groups excluding carboxylic acids is 1. The number of para-hydroxylation sites is 3. The van der Waals surface area contributed by atoms with Gasteiger partial charge >= 0.3 is 0 Å². The van der Waals surface area contributed by atoms with Gasteiger partial charge in [-0.2, -0.15) is 0 Å². The second kappa shape index (κ2) is 5.95. The smallest absolute Gasteiger partial charge is 0.257 e. The molecule has 3 aromatic rings. The molecule has 5 heteroatoms. The number of methoxy groups -OCH3 is 1. The van der Waals surface area contributed by atoms with E-state index < -0.39 is 0 Å².